The fraction of sp³-hybridized carbons (Fsp3) is 0.647. The van der Waals surface area contributed by atoms with Gasteiger partial charge in [0.25, 0.3) is 0 Å². The van der Waals surface area contributed by atoms with E-state index in [1.54, 1.807) is 13.0 Å². The summed E-state index contributed by atoms with van der Waals surface area (Å²) in [4.78, 5) is 13.2. The smallest absolute Gasteiger partial charge is 0.313 e. The molecule has 7 heteroatoms. The standard InChI is InChI=1S/C17H25N3O4/c1-12-2-3-14(17(21)15(12)20(22)23)16(13-4-10-24-11-5-13)19-8-6-18-7-9-19/h2-3,13,16,18,21H,4-11H2,1H3/t16-/m0/s1. The largest absolute Gasteiger partial charge is 0.502 e. The Morgan fingerprint density at radius 3 is 2.62 bits per heavy atom. The second-order valence-electron chi connectivity index (χ2n) is 6.61. The molecule has 2 N–H and O–H groups in total. The highest BCUT2D eigenvalue weighted by Crippen LogP contribution is 2.43. The summed E-state index contributed by atoms with van der Waals surface area (Å²) >= 11 is 0. The van der Waals surface area contributed by atoms with Crippen molar-refractivity contribution < 1.29 is 14.8 Å². The molecule has 2 aliphatic heterocycles. The highest BCUT2D eigenvalue weighted by Gasteiger charge is 2.35. The summed E-state index contributed by atoms with van der Waals surface area (Å²) in [5.74, 6) is 0.167. The first-order valence-corrected chi connectivity index (χ1v) is 8.59. The summed E-state index contributed by atoms with van der Waals surface area (Å²) in [6, 6.07) is 3.61. The van der Waals surface area contributed by atoms with Crippen molar-refractivity contribution in [1.29, 1.82) is 0 Å². The summed E-state index contributed by atoms with van der Waals surface area (Å²) in [5.41, 5.74) is 1.01. The molecule has 0 saturated carbocycles. The van der Waals surface area contributed by atoms with E-state index in [-0.39, 0.29) is 17.5 Å². The third kappa shape index (κ3) is 3.38. The van der Waals surface area contributed by atoms with E-state index in [1.807, 2.05) is 6.07 Å². The predicted molar refractivity (Wildman–Crippen MR) is 90.2 cm³/mol. The summed E-state index contributed by atoms with van der Waals surface area (Å²) in [5, 5.41) is 25.4. The average molecular weight is 335 g/mol. The van der Waals surface area contributed by atoms with Crippen LogP contribution < -0.4 is 5.32 Å². The van der Waals surface area contributed by atoms with Crippen LogP contribution in [-0.2, 0) is 4.74 Å². The Bertz CT molecular complexity index is 578. The number of aromatic hydroxyl groups is 1. The number of piperazine rings is 1. The number of benzene rings is 1. The van der Waals surface area contributed by atoms with Crippen LogP contribution in [-0.4, -0.2) is 54.3 Å². The van der Waals surface area contributed by atoms with Gasteiger partial charge in [-0.1, -0.05) is 12.1 Å². The van der Waals surface area contributed by atoms with Crippen molar-refractivity contribution >= 4 is 5.69 Å². The zero-order valence-electron chi connectivity index (χ0n) is 14.0. The molecule has 1 atom stereocenters. The topological polar surface area (TPSA) is 87.9 Å². The molecule has 0 bridgehead atoms. The molecule has 1 aromatic rings. The molecule has 0 spiro atoms. The second kappa shape index (κ2) is 7.46. The number of nitro groups is 1. The van der Waals surface area contributed by atoms with Gasteiger partial charge >= 0.3 is 5.69 Å². The second-order valence-corrected chi connectivity index (χ2v) is 6.61. The Labute approximate surface area is 141 Å². The molecule has 0 radical (unpaired) electrons. The molecule has 2 saturated heterocycles. The highest BCUT2D eigenvalue weighted by atomic mass is 16.6. The molecule has 7 nitrogen and oxygen atoms in total. The number of nitrogens with zero attached hydrogens (tertiary/aromatic N) is 2. The van der Waals surface area contributed by atoms with Gasteiger partial charge in [0.05, 0.1) is 4.92 Å². The van der Waals surface area contributed by atoms with Crippen LogP contribution in [0, 0.1) is 23.0 Å². The van der Waals surface area contributed by atoms with Crippen LogP contribution in [0.15, 0.2) is 12.1 Å². The van der Waals surface area contributed by atoms with Gasteiger partial charge in [-0.25, -0.2) is 0 Å². The lowest BCUT2D eigenvalue weighted by Crippen LogP contribution is -2.47. The number of aryl methyl sites for hydroxylation is 1. The number of ether oxygens (including phenoxy) is 1. The fourth-order valence-corrected chi connectivity index (χ4v) is 3.91. The van der Waals surface area contributed by atoms with E-state index in [2.05, 4.69) is 10.2 Å². The van der Waals surface area contributed by atoms with Gasteiger partial charge in [0.15, 0.2) is 5.75 Å². The Morgan fingerprint density at radius 2 is 2.00 bits per heavy atom. The van der Waals surface area contributed by atoms with Crippen LogP contribution >= 0.6 is 0 Å². The van der Waals surface area contributed by atoms with Gasteiger partial charge in [-0.2, -0.15) is 0 Å². The average Bonchev–Trinajstić information content (AvgIpc) is 2.59. The highest BCUT2D eigenvalue weighted by molar-refractivity contribution is 5.57. The SMILES string of the molecule is Cc1ccc([C@H](C2CCOCC2)N2CCNCC2)c(O)c1[N+](=O)[O-]. The van der Waals surface area contributed by atoms with Gasteiger partial charge in [0.1, 0.15) is 0 Å². The van der Waals surface area contributed by atoms with Crippen molar-refractivity contribution in [3.8, 4) is 5.75 Å². The zero-order valence-corrected chi connectivity index (χ0v) is 14.0. The van der Waals surface area contributed by atoms with Crippen molar-refractivity contribution in [2.24, 2.45) is 5.92 Å². The molecule has 0 amide bonds. The van der Waals surface area contributed by atoms with Crippen molar-refractivity contribution in [2.75, 3.05) is 39.4 Å². The van der Waals surface area contributed by atoms with Crippen LogP contribution in [0.5, 0.6) is 5.75 Å². The van der Waals surface area contributed by atoms with Crippen LogP contribution in [0.1, 0.15) is 30.0 Å². The lowest BCUT2D eigenvalue weighted by Gasteiger charge is -2.41. The molecule has 24 heavy (non-hydrogen) atoms. The summed E-state index contributed by atoms with van der Waals surface area (Å²) in [6.45, 7) is 6.63. The van der Waals surface area contributed by atoms with Crippen LogP contribution in [0.2, 0.25) is 0 Å². The number of phenolic OH excluding ortho intramolecular Hbond substituents is 1. The molecule has 3 rings (SSSR count). The third-order valence-electron chi connectivity index (χ3n) is 5.14. The molecule has 2 aliphatic rings. The number of hydrogen-bond donors (Lipinski definition) is 2. The van der Waals surface area contributed by atoms with E-state index in [0.29, 0.717) is 30.3 Å². The minimum absolute atomic E-state index is 0.00435. The molecule has 132 valence electrons. The van der Waals surface area contributed by atoms with E-state index >= 15 is 0 Å². The van der Waals surface area contributed by atoms with E-state index in [4.69, 9.17) is 4.74 Å². The minimum Gasteiger partial charge on any atom is -0.502 e. The Balaban J connectivity index is 2.01. The monoisotopic (exact) mass is 335 g/mol. The Morgan fingerprint density at radius 1 is 1.33 bits per heavy atom. The van der Waals surface area contributed by atoms with E-state index in [9.17, 15) is 15.2 Å². The summed E-state index contributed by atoms with van der Waals surface area (Å²) in [6.07, 6.45) is 1.82. The molecule has 2 heterocycles. The van der Waals surface area contributed by atoms with Gasteiger partial charge in [-0.3, -0.25) is 15.0 Å². The molecule has 0 aromatic heterocycles. The fourth-order valence-electron chi connectivity index (χ4n) is 3.91. The number of rotatable bonds is 4. The third-order valence-corrected chi connectivity index (χ3v) is 5.14. The first kappa shape index (κ1) is 17.1. The van der Waals surface area contributed by atoms with Crippen molar-refractivity contribution in [3.63, 3.8) is 0 Å². The van der Waals surface area contributed by atoms with Crippen molar-refractivity contribution in [2.45, 2.75) is 25.8 Å². The van der Waals surface area contributed by atoms with E-state index in [0.717, 1.165) is 39.0 Å². The van der Waals surface area contributed by atoms with Crippen LogP contribution in [0.4, 0.5) is 5.69 Å². The summed E-state index contributed by atoms with van der Waals surface area (Å²) < 4.78 is 5.48. The first-order chi connectivity index (χ1) is 11.6. The maximum absolute atomic E-state index is 11.4. The van der Waals surface area contributed by atoms with E-state index < -0.39 is 4.92 Å². The molecule has 0 unspecified atom stereocenters. The molecular formula is C17H25N3O4. The van der Waals surface area contributed by atoms with E-state index in [1.165, 1.54) is 0 Å². The van der Waals surface area contributed by atoms with Gasteiger partial charge in [-0.05, 0) is 25.7 Å². The zero-order chi connectivity index (χ0) is 17.1. The van der Waals surface area contributed by atoms with Gasteiger partial charge in [0, 0.05) is 56.6 Å². The normalized spacial score (nSPS) is 21.5. The molecule has 0 aliphatic carbocycles. The van der Waals surface area contributed by atoms with Crippen molar-refractivity contribution in [3.05, 3.63) is 33.4 Å². The van der Waals surface area contributed by atoms with Gasteiger partial charge in [0.2, 0.25) is 0 Å². The Hall–Kier alpha value is -1.70. The van der Waals surface area contributed by atoms with Gasteiger partial charge in [-0.15, -0.1) is 0 Å². The maximum atomic E-state index is 11.4. The lowest BCUT2D eigenvalue weighted by molar-refractivity contribution is -0.386. The van der Waals surface area contributed by atoms with Crippen molar-refractivity contribution in [1.82, 2.24) is 10.2 Å². The molecule has 1 aromatic carbocycles. The molecular weight excluding hydrogens is 310 g/mol. The van der Waals surface area contributed by atoms with Crippen LogP contribution in [0.3, 0.4) is 0 Å². The minimum atomic E-state index is -0.479. The number of nitrogens with one attached hydrogen (secondary N) is 1. The quantitative estimate of drug-likeness (QED) is 0.646. The molecule has 2 fully saturated rings. The number of nitro benzene ring substituents is 1. The maximum Gasteiger partial charge on any atom is 0.313 e. The predicted octanol–water partition coefficient (Wildman–Crippen LogP) is 1.98. The first-order valence-electron chi connectivity index (χ1n) is 8.59. The number of phenols is 1. The van der Waals surface area contributed by atoms with Crippen LogP contribution in [0.25, 0.3) is 0 Å². The van der Waals surface area contributed by atoms with Gasteiger partial charge < -0.3 is 15.2 Å². The lowest BCUT2D eigenvalue weighted by atomic mass is 9.84. The Kier molecular flexibility index (Phi) is 5.33. The number of hydrogen-bond acceptors (Lipinski definition) is 6. The summed E-state index contributed by atoms with van der Waals surface area (Å²) in [7, 11) is 0.